The number of methoxy groups -OCH3 is 2. The van der Waals surface area contributed by atoms with Crippen molar-refractivity contribution in [1.29, 1.82) is 0 Å². The molecule has 0 spiro atoms. The molecule has 4 aromatic rings. The van der Waals surface area contributed by atoms with E-state index in [-0.39, 0.29) is 0 Å². The Hall–Kier alpha value is -4.14. The Bertz CT molecular complexity index is 1350. The molecule has 0 amide bonds. The van der Waals surface area contributed by atoms with Gasteiger partial charge in [-0.2, -0.15) is 0 Å². The summed E-state index contributed by atoms with van der Waals surface area (Å²) >= 11 is 0. The molecule has 0 atom stereocenters. The van der Waals surface area contributed by atoms with Crippen molar-refractivity contribution >= 4 is 34.0 Å². The lowest BCUT2D eigenvalue weighted by Crippen LogP contribution is -2.47. The fraction of sp³-hybridized carbons (Fsp3) is 0.308. The Morgan fingerprint density at radius 2 is 1.49 bits per heavy atom. The van der Waals surface area contributed by atoms with Gasteiger partial charge in [-0.25, -0.2) is 19.9 Å². The summed E-state index contributed by atoms with van der Waals surface area (Å²) in [4.78, 5) is 25.2. The van der Waals surface area contributed by atoms with E-state index in [1.54, 1.807) is 20.5 Å². The first-order valence-corrected chi connectivity index (χ1v) is 11.8. The zero-order chi connectivity index (χ0) is 23.8. The van der Waals surface area contributed by atoms with Gasteiger partial charge in [-0.3, -0.25) is 0 Å². The Labute approximate surface area is 204 Å². The van der Waals surface area contributed by atoms with Crippen LogP contribution in [0.5, 0.6) is 11.5 Å². The van der Waals surface area contributed by atoms with Crippen LogP contribution in [0.1, 0.15) is 5.56 Å². The highest BCUT2D eigenvalue weighted by Crippen LogP contribution is 2.36. The summed E-state index contributed by atoms with van der Waals surface area (Å²) in [6.07, 6.45) is 6.54. The van der Waals surface area contributed by atoms with Gasteiger partial charge in [0.2, 0.25) is 5.95 Å². The maximum Gasteiger partial charge on any atom is 0.225 e. The van der Waals surface area contributed by atoms with E-state index in [1.165, 1.54) is 11.3 Å². The van der Waals surface area contributed by atoms with Crippen LogP contribution < -0.4 is 24.2 Å². The summed E-state index contributed by atoms with van der Waals surface area (Å²) < 4.78 is 10.9. The Morgan fingerprint density at radius 3 is 2.26 bits per heavy atom. The summed E-state index contributed by atoms with van der Waals surface area (Å²) in [6.45, 7) is 4.20. The number of ether oxygens (including phenoxy) is 2. The first-order valence-electron chi connectivity index (χ1n) is 11.8. The molecule has 1 fully saturated rings. The molecule has 4 heterocycles. The number of fused-ring (bicyclic) bond motifs is 2. The van der Waals surface area contributed by atoms with E-state index in [4.69, 9.17) is 19.4 Å². The molecule has 0 bridgehead atoms. The van der Waals surface area contributed by atoms with E-state index in [9.17, 15) is 0 Å². The molecular formula is C26H27N7O2. The standard InChI is InChI=1S/C26H27N7O2/c1-34-23-13-20-21(14-24(23)35-2)29-17-30-25(20)31-9-11-32(12-10-31)26-27-15-19(16-28-26)33-8-7-18-5-3-4-6-22(18)33/h3-6,13-17H,7-12H2,1-2H3. The number of benzene rings is 2. The number of hydrogen-bond donors (Lipinski definition) is 0. The molecule has 178 valence electrons. The predicted octanol–water partition coefficient (Wildman–Crippen LogP) is 3.46. The van der Waals surface area contributed by atoms with E-state index < -0.39 is 0 Å². The van der Waals surface area contributed by atoms with Gasteiger partial charge in [-0.05, 0) is 24.1 Å². The lowest BCUT2D eigenvalue weighted by Gasteiger charge is -2.35. The number of para-hydroxylation sites is 1. The molecule has 0 unspecified atom stereocenters. The maximum atomic E-state index is 5.50. The number of anilines is 4. The van der Waals surface area contributed by atoms with E-state index in [0.29, 0.717) is 11.5 Å². The van der Waals surface area contributed by atoms with E-state index in [0.717, 1.165) is 67.5 Å². The largest absolute Gasteiger partial charge is 0.493 e. The van der Waals surface area contributed by atoms with Gasteiger partial charge in [0.1, 0.15) is 12.1 Å². The molecule has 9 heteroatoms. The SMILES string of the molecule is COc1cc2ncnc(N3CCN(c4ncc(N5CCc6ccccc65)cn4)CC3)c2cc1OC. The van der Waals surface area contributed by atoms with Crippen molar-refractivity contribution in [3.05, 3.63) is 60.7 Å². The highest BCUT2D eigenvalue weighted by Gasteiger charge is 2.24. The Kier molecular flexibility index (Phi) is 5.44. The molecule has 2 aliphatic rings. The Balaban J connectivity index is 1.17. The van der Waals surface area contributed by atoms with Gasteiger partial charge in [0.15, 0.2) is 11.5 Å². The van der Waals surface area contributed by atoms with Crippen LogP contribution in [0.4, 0.5) is 23.1 Å². The highest BCUT2D eigenvalue weighted by atomic mass is 16.5. The second-order valence-electron chi connectivity index (χ2n) is 8.67. The number of nitrogens with zero attached hydrogens (tertiary/aromatic N) is 7. The summed E-state index contributed by atoms with van der Waals surface area (Å²) in [7, 11) is 3.27. The van der Waals surface area contributed by atoms with E-state index >= 15 is 0 Å². The summed E-state index contributed by atoms with van der Waals surface area (Å²) in [5.41, 5.74) is 4.50. The van der Waals surface area contributed by atoms with Crippen LogP contribution in [0.15, 0.2) is 55.1 Å². The first kappa shape index (κ1) is 21.4. The summed E-state index contributed by atoms with van der Waals surface area (Å²) in [5, 5.41) is 0.949. The van der Waals surface area contributed by atoms with Crippen molar-refractivity contribution in [2.75, 3.05) is 61.6 Å². The highest BCUT2D eigenvalue weighted by molar-refractivity contribution is 5.92. The molecule has 0 aliphatic carbocycles. The van der Waals surface area contributed by atoms with Crippen molar-refractivity contribution < 1.29 is 9.47 Å². The van der Waals surface area contributed by atoms with Crippen LogP contribution >= 0.6 is 0 Å². The smallest absolute Gasteiger partial charge is 0.225 e. The number of aromatic nitrogens is 4. The molecule has 1 saturated heterocycles. The zero-order valence-corrected chi connectivity index (χ0v) is 19.9. The average Bonchev–Trinajstić information content (AvgIpc) is 3.36. The Morgan fingerprint density at radius 1 is 0.771 bits per heavy atom. The summed E-state index contributed by atoms with van der Waals surface area (Å²) in [5.74, 6) is 3.00. The van der Waals surface area contributed by atoms with Crippen molar-refractivity contribution in [2.45, 2.75) is 6.42 Å². The van der Waals surface area contributed by atoms with E-state index in [2.05, 4.69) is 48.9 Å². The van der Waals surface area contributed by atoms with Crippen molar-refractivity contribution in [3.63, 3.8) is 0 Å². The topological polar surface area (TPSA) is 79.7 Å². The minimum Gasteiger partial charge on any atom is -0.493 e. The van der Waals surface area contributed by atoms with Gasteiger partial charge in [0, 0.05) is 49.9 Å². The van der Waals surface area contributed by atoms with Crippen LogP contribution in [0.25, 0.3) is 10.9 Å². The van der Waals surface area contributed by atoms with Crippen molar-refractivity contribution in [2.24, 2.45) is 0 Å². The van der Waals surface area contributed by atoms with Gasteiger partial charge in [0.25, 0.3) is 0 Å². The molecule has 2 aliphatic heterocycles. The van der Waals surface area contributed by atoms with Crippen molar-refractivity contribution in [1.82, 2.24) is 19.9 Å². The quantitative estimate of drug-likeness (QED) is 0.437. The molecule has 0 N–H and O–H groups in total. The number of hydrogen-bond acceptors (Lipinski definition) is 9. The number of piperazine rings is 1. The molecule has 2 aromatic heterocycles. The first-order chi connectivity index (χ1) is 17.2. The molecule has 0 saturated carbocycles. The predicted molar refractivity (Wildman–Crippen MR) is 136 cm³/mol. The molecule has 9 nitrogen and oxygen atoms in total. The van der Waals surface area contributed by atoms with Crippen LogP contribution in [0.3, 0.4) is 0 Å². The fourth-order valence-corrected chi connectivity index (χ4v) is 4.96. The van der Waals surface area contributed by atoms with Gasteiger partial charge in [-0.1, -0.05) is 18.2 Å². The van der Waals surface area contributed by atoms with Gasteiger partial charge < -0.3 is 24.2 Å². The monoisotopic (exact) mass is 469 g/mol. The third-order valence-corrected chi connectivity index (χ3v) is 6.81. The maximum absolute atomic E-state index is 5.50. The molecule has 6 rings (SSSR count). The van der Waals surface area contributed by atoms with Crippen molar-refractivity contribution in [3.8, 4) is 11.5 Å². The fourth-order valence-electron chi connectivity index (χ4n) is 4.96. The van der Waals surface area contributed by atoms with Crippen LogP contribution in [-0.4, -0.2) is 66.9 Å². The lowest BCUT2D eigenvalue weighted by molar-refractivity contribution is 0.356. The molecule has 2 aromatic carbocycles. The normalized spacial score (nSPS) is 15.4. The second kappa shape index (κ2) is 8.90. The van der Waals surface area contributed by atoms with Gasteiger partial charge >= 0.3 is 0 Å². The van der Waals surface area contributed by atoms with Crippen LogP contribution in [-0.2, 0) is 6.42 Å². The third-order valence-electron chi connectivity index (χ3n) is 6.81. The van der Waals surface area contributed by atoms with Crippen LogP contribution in [0.2, 0.25) is 0 Å². The number of rotatable bonds is 5. The van der Waals surface area contributed by atoms with Gasteiger partial charge in [-0.15, -0.1) is 0 Å². The van der Waals surface area contributed by atoms with Crippen LogP contribution in [0, 0.1) is 0 Å². The average molecular weight is 470 g/mol. The zero-order valence-electron chi connectivity index (χ0n) is 19.9. The third kappa shape index (κ3) is 3.82. The minimum atomic E-state index is 0.660. The second-order valence-corrected chi connectivity index (χ2v) is 8.67. The van der Waals surface area contributed by atoms with Gasteiger partial charge in [0.05, 0.1) is 37.8 Å². The molecule has 0 radical (unpaired) electrons. The summed E-state index contributed by atoms with van der Waals surface area (Å²) in [6, 6.07) is 12.4. The minimum absolute atomic E-state index is 0.660. The van der Waals surface area contributed by atoms with E-state index in [1.807, 2.05) is 24.5 Å². The lowest BCUT2D eigenvalue weighted by atomic mass is 10.2. The molecular weight excluding hydrogens is 442 g/mol. The molecule has 35 heavy (non-hydrogen) atoms.